The monoisotopic (exact) mass is 360 g/mol. The predicted molar refractivity (Wildman–Crippen MR) is 112 cm³/mol. The normalized spacial score (nSPS) is 12.5. The molecule has 0 spiro atoms. The van der Waals surface area contributed by atoms with Crippen LogP contribution in [0.4, 0.5) is 4.39 Å². The first kappa shape index (κ1) is 19.0. The van der Waals surface area contributed by atoms with Gasteiger partial charge in [0.1, 0.15) is 0 Å². The molecule has 1 heterocycles. The van der Waals surface area contributed by atoms with Crippen molar-refractivity contribution < 1.29 is 4.39 Å². The highest BCUT2D eigenvalue weighted by Gasteiger charge is 2.03. The maximum Gasteiger partial charge on any atom is 0.159 e. The van der Waals surface area contributed by atoms with Gasteiger partial charge in [-0.25, -0.2) is 14.4 Å². The number of benzene rings is 2. The Morgan fingerprint density at radius 2 is 1.81 bits per heavy atom. The van der Waals surface area contributed by atoms with Gasteiger partial charge in [0.05, 0.1) is 6.17 Å². The molecule has 27 heavy (non-hydrogen) atoms. The van der Waals surface area contributed by atoms with E-state index >= 15 is 0 Å². The van der Waals surface area contributed by atoms with E-state index in [9.17, 15) is 4.39 Å². The fourth-order valence-corrected chi connectivity index (χ4v) is 3.02. The van der Waals surface area contributed by atoms with E-state index in [0.717, 1.165) is 47.2 Å². The summed E-state index contributed by atoms with van der Waals surface area (Å²) in [6, 6.07) is 12.7. The van der Waals surface area contributed by atoms with Crippen LogP contribution in [-0.4, -0.2) is 16.1 Å². The molecule has 0 N–H and O–H groups in total. The van der Waals surface area contributed by atoms with Crippen LogP contribution in [0, 0.1) is 0 Å². The number of halogens is 1. The number of fused-ring (bicyclic) bond motifs is 1. The largest absolute Gasteiger partial charge is 0.248 e. The van der Waals surface area contributed by atoms with Gasteiger partial charge in [0, 0.05) is 18.0 Å². The first-order chi connectivity index (χ1) is 13.2. The lowest BCUT2D eigenvalue weighted by molar-refractivity contribution is 0.335. The Labute approximate surface area is 160 Å². The molecule has 0 amide bonds. The number of hydrogen-bond acceptors (Lipinski definition) is 2. The van der Waals surface area contributed by atoms with Crippen molar-refractivity contribution in [2.24, 2.45) is 0 Å². The van der Waals surface area contributed by atoms with E-state index in [1.165, 1.54) is 5.39 Å². The van der Waals surface area contributed by atoms with Crippen LogP contribution in [0.25, 0.3) is 28.2 Å². The minimum Gasteiger partial charge on any atom is -0.248 e. The summed E-state index contributed by atoms with van der Waals surface area (Å²) >= 11 is 0. The van der Waals surface area contributed by atoms with Crippen molar-refractivity contribution in [2.75, 3.05) is 0 Å². The van der Waals surface area contributed by atoms with Crippen LogP contribution < -0.4 is 0 Å². The summed E-state index contributed by atoms with van der Waals surface area (Å²) in [6.45, 7) is 5.35. The summed E-state index contributed by atoms with van der Waals surface area (Å²) in [4.78, 5) is 8.93. The molecular weight excluding hydrogens is 335 g/mol. The number of hydrogen-bond donors (Lipinski definition) is 0. The molecule has 0 aliphatic heterocycles. The lowest BCUT2D eigenvalue weighted by Crippen LogP contribution is -1.91. The fraction of sp³-hybridized carbons (Fsp3) is 0.250. The van der Waals surface area contributed by atoms with Crippen LogP contribution in [0.15, 0.2) is 67.5 Å². The maximum absolute atomic E-state index is 12.8. The Balaban J connectivity index is 1.73. The fourth-order valence-electron chi connectivity index (χ4n) is 3.02. The van der Waals surface area contributed by atoms with Crippen molar-refractivity contribution in [2.45, 2.75) is 38.8 Å². The third-order valence-corrected chi connectivity index (χ3v) is 4.49. The number of nitrogens with zero attached hydrogens (tertiary/aromatic N) is 2. The van der Waals surface area contributed by atoms with Gasteiger partial charge in [-0.1, -0.05) is 42.5 Å². The van der Waals surface area contributed by atoms with Crippen LogP contribution in [0.2, 0.25) is 0 Å². The SMILES string of the molecule is C=CCc1cnc(-c2ccc3cc(C=CCCCC(C)F)ccc3c2)nc1. The van der Waals surface area contributed by atoms with E-state index in [4.69, 9.17) is 0 Å². The summed E-state index contributed by atoms with van der Waals surface area (Å²) < 4.78 is 12.8. The van der Waals surface area contributed by atoms with Crippen molar-refractivity contribution in [3.63, 3.8) is 0 Å². The minimum absolute atomic E-state index is 0.626. The third-order valence-electron chi connectivity index (χ3n) is 4.49. The average molecular weight is 360 g/mol. The minimum atomic E-state index is -0.713. The van der Waals surface area contributed by atoms with Gasteiger partial charge >= 0.3 is 0 Å². The zero-order chi connectivity index (χ0) is 19.1. The Bertz CT molecular complexity index is 927. The second-order valence-electron chi connectivity index (χ2n) is 6.84. The van der Waals surface area contributed by atoms with Crippen LogP contribution in [0.5, 0.6) is 0 Å². The first-order valence-electron chi connectivity index (χ1n) is 9.42. The zero-order valence-corrected chi connectivity index (χ0v) is 15.7. The predicted octanol–water partition coefficient (Wildman–Crippen LogP) is 6.57. The summed E-state index contributed by atoms with van der Waals surface area (Å²) in [7, 11) is 0. The second-order valence-corrected chi connectivity index (χ2v) is 6.84. The van der Waals surface area contributed by atoms with Crippen molar-refractivity contribution in [3.05, 3.63) is 78.6 Å². The molecule has 3 rings (SSSR count). The Hall–Kier alpha value is -2.81. The number of unbranched alkanes of at least 4 members (excludes halogenated alkanes) is 1. The van der Waals surface area contributed by atoms with Gasteiger partial charge in [0.25, 0.3) is 0 Å². The van der Waals surface area contributed by atoms with Gasteiger partial charge in [0.15, 0.2) is 5.82 Å². The van der Waals surface area contributed by atoms with E-state index in [-0.39, 0.29) is 0 Å². The van der Waals surface area contributed by atoms with Crippen LogP contribution >= 0.6 is 0 Å². The van der Waals surface area contributed by atoms with E-state index in [1.54, 1.807) is 6.92 Å². The highest BCUT2D eigenvalue weighted by Crippen LogP contribution is 2.23. The lowest BCUT2D eigenvalue weighted by atomic mass is 10.0. The molecule has 138 valence electrons. The highest BCUT2D eigenvalue weighted by atomic mass is 19.1. The smallest absolute Gasteiger partial charge is 0.159 e. The molecule has 0 aliphatic carbocycles. The summed E-state index contributed by atoms with van der Waals surface area (Å²) in [6.07, 6.45) is 12.3. The number of allylic oxidation sites excluding steroid dienone is 2. The topological polar surface area (TPSA) is 25.8 Å². The van der Waals surface area contributed by atoms with Gasteiger partial charge in [0.2, 0.25) is 0 Å². The molecule has 1 unspecified atom stereocenters. The van der Waals surface area contributed by atoms with Gasteiger partial charge in [-0.05, 0) is 66.6 Å². The van der Waals surface area contributed by atoms with E-state index < -0.39 is 6.17 Å². The molecule has 0 saturated heterocycles. The molecule has 0 fully saturated rings. The van der Waals surface area contributed by atoms with Gasteiger partial charge in [-0.15, -0.1) is 6.58 Å². The maximum atomic E-state index is 12.8. The van der Waals surface area contributed by atoms with Crippen LogP contribution in [0.3, 0.4) is 0 Å². The first-order valence-corrected chi connectivity index (χ1v) is 9.42. The molecule has 2 nitrogen and oxygen atoms in total. The van der Waals surface area contributed by atoms with Crippen molar-refractivity contribution in [1.82, 2.24) is 9.97 Å². The molecule has 2 aromatic carbocycles. The number of alkyl halides is 1. The molecule has 1 aromatic heterocycles. The molecule has 0 bridgehead atoms. The van der Waals surface area contributed by atoms with E-state index in [1.807, 2.05) is 18.5 Å². The molecule has 3 heteroatoms. The average Bonchev–Trinajstić information content (AvgIpc) is 2.68. The molecule has 0 saturated carbocycles. The summed E-state index contributed by atoms with van der Waals surface area (Å²) in [5, 5.41) is 2.34. The quantitative estimate of drug-likeness (QED) is 0.335. The third kappa shape index (κ3) is 5.33. The summed E-state index contributed by atoms with van der Waals surface area (Å²) in [5.41, 5.74) is 3.23. The summed E-state index contributed by atoms with van der Waals surface area (Å²) in [5.74, 6) is 0.732. The van der Waals surface area contributed by atoms with E-state index in [0.29, 0.717) is 6.42 Å². The van der Waals surface area contributed by atoms with E-state index in [2.05, 4.69) is 65.1 Å². The van der Waals surface area contributed by atoms with Crippen molar-refractivity contribution in [3.8, 4) is 11.4 Å². The van der Waals surface area contributed by atoms with Gasteiger partial charge < -0.3 is 0 Å². The number of aromatic nitrogens is 2. The van der Waals surface area contributed by atoms with Gasteiger partial charge in [-0.3, -0.25) is 0 Å². The van der Waals surface area contributed by atoms with Crippen LogP contribution in [-0.2, 0) is 6.42 Å². The standard InChI is InChI=1S/C24H25FN2/c1-3-7-20-16-26-24(27-17-20)23-13-12-21-14-19(10-11-22(21)15-23)9-6-4-5-8-18(2)25/h3,6,9-18H,1,4-5,7-8H2,2H3. The molecule has 3 aromatic rings. The Morgan fingerprint density at radius 3 is 2.56 bits per heavy atom. The molecule has 1 atom stereocenters. The van der Waals surface area contributed by atoms with Crippen molar-refractivity contribution in [1.29, 1.82) is 0 Å². The molecular formula is C24H25FN2. The number of rotatable bonds is 8. The Morgan fingerprint density at radius 1 is 1.07 bits per heavy atom. The highest BCUT2D eigenvalue weighted by molar-refractivity contribution is 5.88. The van der Waals surface area contributed by atoms with Gasteiger partial charge in [-0.2, -0.15) is 0 Å². The van der Waals surface area contributed by atoms with Crippen molar-refractivity contribution >= 4 is 16.8 Å². The lowest BCUT2D eigenvalue weighted by Gasteiger charge is -2.05. The zero-order valence-electron chi connectivity index (χ0n) is 15.7. The molecule has 0 aliphatic rings. The second kappa shape index (κ2) is 9.22. The van der Waals surface area contributed by atoms with Crippen LogP contribution in [0.1, 0.15) is 37.3 Å². The molecule has 0 radical (unpaired) electrons. The Kier molecular flexibility index (Phi) is 6.48.